The van der Waals surface area contributed by atoms with Crippen LogP contribution in [0.3, 0.4) is 0 Å². The maximum Gasteiger partial charge on any atom is 0.331 e. The van der Waals surface area contributed by atoms with Gasteiger partial charge in [0, 0.05) is 24.9 Å². The quantitative estimate of drug-likeness (QED) is 0.577. The average Bonchev–Trinajstić information content (AvgIpc) is 2.93. The standard InChI is InChI=1S/C21H29N3O4/c1-15(2)19(20(26)23-21(22)27)28-18(25)12-9-16-7-10-17(11-8-16)24-13-5-3-4-6-14-24/h7-12,15,19H,3-6,13-14H2,1-2H3,(H3,22,23,26,27)/b12-9+/t19-/m1/s1. The number of primary amides is 1. The van der Waals surface area contributed by atoms with Gasteiger partial charge in [-0.3, -0.25) is 10.1 Å². The van der Waals surface area contributed by atoms with E-state index in [4.69, 9.17) is 10.5 Å². The van der Waals surface area contributed by atoms with Crippen LogP contribution in [-0.2, 0) is 14.3 Å². The van der Waals surface area contributed by atoms with Crippen LogP contribution in [0.15, 0.2) is 30.3 Å². The molecule has 7 nitrogen and oxygen atoms in total. The van der Waals surface area contributed by atoms with Gasteiger partial charge >= 0.3 is 12.0 Å². The van der Waals surface area contributed by atoms with Gasteiger partial charge in [0.1, 0.15) is 0 Å². The van der Waals surface area contributed by atoms with Crippen LogP contribution in [0.2, 0.25) is 0 Å². The zero-order valence-electron chi connectivity index (χ0n) is 16.5. The number of carbonyl (C=O) groups excluding carboxylic acids is 3. The number of esters is 1. The van der Waals surface area contributed by atoms with Crippen molar-refractivity contribution in [2.24, 2.45) is 11.7 Å². The highest BCUT2D eigenvalue weighted by Crippen LogP contribution is 2.20. The minimum atomic E-state index is -1.09. The number of nitrogens with zero attached hydrogens (tertiary/aromatic N) is 1. The normalized spacial score (nSPS) is 15.9. The number of anilines is 1. The van der Waals surface area contributed by atoms with E-state index in [1.165, 1.54) is 37.4 Å². The van der Waals surface area contributed by atoms with Crippen molar-refractivity contribution < 1.29 is 19.1 Å². The first-order valence-electron chi connectivity index (χ1n) is 9.71. The summed E-state index contributed by atoms with van der Waals surface area (Å²) in [5.41, 5.74) is 6.99. The Balaban J connectivity index is 1.95. The molecule has 1 aromatic carbocycles. The van der Waals surface area contributed by atoms with E-state index < -0.39 is 24.0 Å². The predicted molar refractivity (Wildman–Crippen MR) is 109 cm³/mol. The number of benzene rings is 1. The Morgan fingerprint density at radius 3 is 2.21 bits per heavy atom. The van der Waals surface area contributed by atoms with Crippen molar-refractivity contribution in [2.75, 3.05) is 18.0 Å². The fourth-order valence-electron chi connectivity index (χ4n) is 3.14. The minimum absolute atomic E-state index is 0.301. The fourth-order valence-corrected chi connectivity index (χ4v) is 3.14. The van der Waals surface area contributed by atoms with Gasteiger partial charge < -0.3 is 15.4 Å². The molecule has 1 fully saturated rings. The number of ether oxygens (including phenoxy) is 1. The molecule has 0 spiro atoms. The van der Waals surface area contributed by atoms with Gasteiger partial charge in [-0.05, 0) is 42.5 Å². The molecule has 152 valence electrons. The number of rotatable bonds is 6. The van der Waals surface area contributed by atoms with Crippen molar-refractivity contribution in [3.05, 3.63) is 35.9 Å². The van der Waals surface area contributed by atoms with Crippen LogP contribution in [-0.4, -0.2) is 37.1 Å². The molecule has 3 N–H and O–H groups in total. The Kier molecular flexibility index (Phi) is 8.04. The molecule has 1 heterocycles. The van der Waals surface area contributed by atoms with E-state index in [1.54, 1.807) is 19.9 Å². The monoisotopic (exact) mass is 387 g/mol. The van der Waals surface area contributed by atoms with Crippen molar-refractivity contribution in [3.63, 3.8) is 0 Å². The van der Waals surface area contributed by atoms with Crippen LogP contribution in [0.1, 0.15) is 45.1 Å². The molecule has 0 unspecified atom stereocenters. The topological polar surface area (TPSA) is 102 Å². The lowest BCUT2D eigenvalue weighted by Gasteiger charge is -2.22. The second-order valence-corrected chi connectivity index (χ2v) is 7.28. The van der Waals surface area contributed by atoms with E-state index in [0.717, 1.165) is 18.7 Å². The van der Waals surface area contributed by atoms with Gasteiger partial charge in [0.2, 0.25) is 0 Å². The highest BCUT2D eigenvalue weighted by molar-refractivity contribution is 5.97. The highest BCUT2D eigenvalue weighted by Gasteiger charge is 2.26. The predicted octanol–water partition coefficient (Wildman–Crippen LogP) is 2.84. The van der Waals surface area contributed by atoms with Crippen LogP contribution in [0.5, 0.6) is 0 Å². The van der Waals surface area contributed by atoms with E-state index in [0.29, 0.717) is 0 Å². The molecular weight excluding hydrogens is 358 g/mol. The lowest BCUT2D eigenvalue weighted by atomic mass is 10.1. The molecule has 1 aliphatic rings. The Morgan fingerprint density at radius 2 is 1.68 bits per heavy atom. The summed E-state index contributed by atoms with van der Waals surface area (Å²) in [5.74, 6) is -1.69. The molecule has 0 saturated carbocycles. The van der Waals surface area contributed by atoms with E-state index >= 15 is 0 Å². The van der Waals surface area contributed by atoms with E-state index in [2.05, 4.69) is 4.90 Å². The first-order valence-corrected chi connectivity index (χ1v) is 9.71. The number of nitrogens with two attached hydrogens (primary N) is 1. The van der Waals surface area contributed by atoms with E-state index in [-0.39, 0.29) is 5.92 Å². The number of urea groups is 1. The Hall–Kier alpha value is -2.83. The summed E-state index contributed by atoms with van der Waals surface area (Å²) in [6.45, 7) is 5.57. The Labute approximate surface area is 165 Å². The highest BCUT2D eigenvalue weighted by atomic mass is 16.5. The van der Waals surface area contributed by atoms with Crippen LogP contribution in [0.25, 0.3) is 6.08 Å². The number of hydrogen-bond donors (Lipinski definition) is 2. The molecule has 3 amide bonds. The molecule has 1 saturated heterocycles. The Bertz CT molecular complexity index is 705. The molecule has 28 heavy (non-hydrogen) atoms. The van der Waals surface area contributed by atoms with Crippen molar-refractivity contribution in [2.45, 2.75) is 45.6 Å². The lowest BCUT2D eigenvalue weighted by Crippen LogP contribution is -2.45. The Morgan fingerprint density at radius 1 is 1.07 bits per heavy atom. The molecule has 0 bridgehead atoms. The van der Waals surface area contributed by atoms with Gasteiger partial charge in [-0.1, -0.05) is 38.8 Å². The summed E-state index contributed by atoms with van der Waals surface area (Å²) >= 11 is 0. The average molecular weight is 387 g/mol. The molecule has 1 aromatic rings. The summed E-state index contributed by atoms with van der Waals surface area (Å²) in [6.07, 6.45) is 6.82. The largest absolute Gasteiger partial charge is 0.449 e. The van der Waals surface area contributed by atoms with Crippen molar-refractivity contribution in [1.82, 2.24) is 5.32 Å². The smallest absolute Gasteiger partial charge is 0.331 e. The molecule has 1 atom stereocenters. The summed E-state index contributed by atoms with van der Waals surface area (Å²) < 4.78 is 5.18. The van der Waals surface area contributed by atoms with E-state index in [9.17, 15) is 14.4 Å². The molecule has 1 aliphatic heterocycles. The third kappa shape index (κ3) is 6.72. The van der Waals surface area contributed by atoms with Gasteiger partial charge in [0.05, 0.1) is 0 Å². The van der Waals surface area contributed by atoms with Crippen LogP contribution in [0, 0.1) is 5.92 Å². The van der Waals surface area contributed by atoms with E-state index in [1.807, 2.05) is 29.6 Å². The third-order valence-corrected chi connectivity index (χ3v) is 4.63. The fraction of sp³-hybridized carbons (Fsp3) is 0.476. The first kappa shape index (κ1) is 21.5. The van der Waals surface area contributed by atoms with Crippen molar-refractivity contribution >= 4 is 29.7 Å². The number of carbonyl (C=O) groups is 3. The van der Waals surface area contributed by atoms with Gasteiger partial charge in [0.15, 0.2) is 6.10 Å². The maximum atomic E-state index is 12.1. The summed E-state index contributed by atoms with van der Waals surface area (Å²) in [6, 6.07) is 7.01. The summed E-state index contributed by atoms with van der Waals surface area (Å²) in [5, 5.41) is 1.94. The molecule has 0 aromatic heterocycles. The number of nitrogens with one attached hydrogen (secondary N) is 1. The second-order valence-electron chi connectivity index (χ2n) is 7.28. The molecule has 0 aliphatic carbocycles. The van der Waals surface area contributed by atoms with Crippen LogP contribution < -0.4 is 16.0 Å². The van der Waals surface area contributed by atoms with Gasteiger partial charge in [-0.25, -0.2) is 9.59 Å². The third-order valence-electron chi connectivity index (χ3n) is 4.63. The molecule has 2 rings (SSSR count). The molecule has 7 heteroatoms. The SMILES string of the molecule is CC(C)[C@@H](OC(=O)/C=C/c1ccc(N2CCCCCC2)cc1)C(=O)NC(N)=O. The first-order chi connectivity index (χ1) is 13.4. The number of hydrogen-bond acceptors (Lipinski definition) is 5. The van der Waals surface area contributed by atoms with Crippen LogP contribution >= 0.6 is 0 Å². The summed E-state index contributed by atoms with van der Waals surface area (Å²) in [7, 11) is 0. The number of amides is 3. The van der Waals surface area contributed by atoms with Gasteiger partial charge in [-0.15, -0.1) is 0 Å². The van der Waals surface area contributed by atoms with Gasteiger partial charge in [-0.2, -0.15) is 0 Å². The minimum Gasteiger partial charge on any atom is -0.449 e. The zero-order chi connectivity index (χ0) is 20.5. The summed E-state index contributed by atoms with van der Waals surface area (Å²) in [4.78, 5) is 37.2. The van der Waals surface area contributed by atoms with Crippen molar-refractivity contribution in [3.8, 4) is 0 Å². The maximum absolute atomic E-state index is 12.1. The zero-order valence-corrected chi connectivity index (χ0v) is 16.5. The number of imide groups is 1. The van der Waals surface area contributed by atoms with Crippen molar-refractivity contribution in [1.29, 1.82) is 0 Å². The lowest BCUT2D eigenvalue weighted by molar-refractivity contribution is -0.153. The molecule has 0 radical (unpaired) electrons. The van der Waals surface area contributed by atoms with Gasteiger partial charge in [0.25, 0.3) is 5.91 Å². The van der Waals surface area contributed by atoms with Crippen LogP contribution in [0.4, 0.5) is 10.5 Å². The molecular formula is C21H29N3O4. The second kappa shape index (κ2) is 10.5.